The van der Waals surface area contributed by atoms with E-state index in [1.165, 1.54) is 0 Å². The number of aliphatic hydroxyl groups excluding tert-OH is 1. The fourth-order valence-electron chi connectivity index (χ4n) is 1.59. The van der Waals surface area contributed by atoms with Crippen LogP contribution in [0.25, 0.3) is 0 Å². The van der Waals surface area contributed by atoms with Crippen LogP contribution in [0.4, 0.5) is 0 Å². The van der Waals surface area contributed by atoms with E-state index < -0.39 is 6.10 Å². The zero-order valence-corrected chi connectivity index (χ0v) is 10.3. The lowest BCUT2D eigenvalue weighted by molar-refractivity contribution is -0.118. The molecule has 0 bridgehead atoms. The summed E-state index contributed by atoms with van der Waals surface area (Å²) in [5.74, 6) is -0.338. The second-order valence-electron chi connectivity index (χ2n) is 4.41. The second kappa shape index (κ2) is 6.37. The number of hydrogen-bond donors (Lipinski definition) is 3. The van der Waals surface area contributed by atoms with E-state index in [1.54, 1.807) is 0 Å². The lowest BCUT2D eigenvalue weighted by Gasteiger charge is -2.16. The summed E-state index contributed by atoms with van der Waals surface area (Å²) >= 11 is 0. The molecule has 1 aromatic rings. The molecule has 0 aliphatic carbocycles. The van der Waals surface area contributed by atoms with E-state index in [9.17, 15) is 9.90 Å². The molecule has 4 heteroatoms. The molecule has 0 fully saturated rings. The predicted molar refractivity (Wildman–Crippen MR) is 67.4 cm³/mol. The highest BCUT2D eigenvalue weighted by molar-refractivity contribution is 5.74. The molecule has 0 aromatic heterocycles. The third-order valence-electron chi connectivity index (χ3n) is 2.63. The number of nitrogens with one attached hydrogen (secondary N) is 1. The van der Waals surface area contributed by atoms with Crippen molar-refractivity contribution in [2.75, 3.05) is 6.54 Å². The van der Waals surface area contributed by atoms with E-state index in [0.29, 0.717) is 6.54 Å². The van der Waals surface area contributed by atoms with Crippen molar-refractivity contribution in [1.82, 2.24) is 5.32 Å². The third-order valence-corrected chi connectivity index (χ3v) is 2.63. The molecule has 0 saturated heterocycles. The minimum absolute atomic E-state index is 0.0207. The number of carbonyl (C=O) groups excluding carboxylic acids is 1. The van der Waals surface area contributed by atoms with Crippen LogP contribution < -0.4 is 11.1 Å². The van der Waals surface area contributed by atoms with Crippen LogP contribution in [0, 0.1) is 6.92 Å². The van der Waals surface area contributed by atoms with E-state index in [0.717, 1.165) is 11.1 Å². The van der Waals surface area contributed by atoms with Crippen LogP contribution in [0.15, 0.2) is 24.3 Å². The molecule has 0 aliphatic rings. The third kappa shape index (κ3) is 4.97. The number of rotatable bonds is 6. The zero-order chi connectivity index (χ0) is 12.8. The van der Waals surface area contributed by atoms with Crippen LogP contribution in [-0.2, 0) is 4.79 Å². The quantitative estimate of drug-likeness (QED) is 0.686. The van der Waals surface area contributed by atoms with Gasteiger partial charge < -0.3 is 16.2 Å². The van der Waals surface area contributed by atoms with Gasteiger partial charge in [0.1, 0.15) is 0 Å². The summed E-state index contributed by atoms with van der Waals surface area (Å²) < 4.78 is 0. The normalized spacial score (nSPS) is 14.3. The van der Waals surface area contributed by atoms with Gasteiger partial charge in [-0.15, -0.1) is 0 Å². The lowest BCUT2D eigenvalue weighted by atomic mass is 10.1. The summed E-state index contributed by atoms with van der Waals surface area (Å²) in [6.45, 7) is 4.29. The lowest BCUT2D eigenvalue weighted by Crippen LogP contribution is -2.33. The Morgan fingerprint density at radius 1 is 1.41 bits per heavy atom. The molecule has 1 aromatic carbocycles. The molecular weight excluding hydrogens is 216 g/mol. The van der Waals surface area contributed by atoms with Crippen LogP contribution in [0.3, 0.4) is 0 Å². The van der Waals surface area contributed by atoms with Gasteiger partial charge in [-0.25, -0.2) is 0 Å². The van der Waals surface area contributed by atoms with E-state index in [2.05, 4.69) is 5.32 Å². The van der Waals surface area contributed by atoms with Gasteiger partial charge in [-0.05, 0) is 19.4 Å². The molecule has 2 atom stereocenters. The maximum absolute atomic E-state index is 10.7. The summed E-state index contributed by atoms with van der Waals surface area (Å²) in [5, 5.41) is 13.0. The number of hydrogen-bond acceptors (Lipinski definition) is 3. The van der Waals surface area contributed by atoms with Crippen molar-refractivity contribution in [3.63, 3.8) is 0 Å². The van der Waals surface area contributed by atoms with Crippen molar-refractivity contribution < 1.29 is 9.90 Å². The molecule has 0 aliphatic heterocycles. The Hall–Kier alpha value is -1.39. The van der Waals surface area contributed by atoms with Gasteiger partial charge in [0, 0.05) is 19.0 Å². The Morgan fingerprint density at radius 3 is 2.53 bits per heavy atom. The molecule has 0 saturated carbocycles. The Bertz CT molecular complexity index is 362. The molecule has 0 radical (unpaired) electrons. The van der Waals surface area contributed by atoms with Gasteiger partial charge in [-0.1, -0.05) is 29.8 Å². The van der Waals surface area contributed by atoms with Crippen molar-refractivity contribution in [2.45, 2.75) is 32.4 Å². The number of nitrogens with two attached hydrogens (primary N) is 1. The monoisotopic (exact) mass is 236 g/mol. The summed E-state index contributed by atoms with van der Waals surface area (Å²) in [7, 11) is 0. The number of primary amides is 1. The molecule has 4 N–H and O–H groups in total. The minimum atomic E-state index is -0.564. The number of carbonyl (C=O) groups is 1. The summed E-state index contributed by atoms with van der Waals surface area (Å²) in [5.41, 5.74) is 7.12. The first-order chi connectivity index (χ1) is 7.99. The Balaban J connectivity index is 2.41. The Morgan fingerprint density at radius 2 is 2.00 bits per heavy atom. The molecule has 1 amide bonds. The maximum Gasteiger partial charge on any atom is 0.218 e. The number of aliphatic hydroxyl groups is 1. The molecule has 1 rings (SSSR count). The van der Waals surface area contributed by atoms with Gasteiger partial charge >= 0.3 is 0 Å². The van der Waals surface area contributed by atoms with Gasteiger partial charge in [0.2, 0.25) is 5.91 Å². The van der Waals surface area contributed by atoms with Crippen LogP contribution in [0.5, 0.6) is 0 Å². The first-order valence-electron chi connectivity index (χ1n) is 5.75. The zero-order valence-electron chi connectivity index (χ0n) is 10.3. The highest BCUT2D eigenvalue weighted by Gasteiger charge is 2.10. The SMILES string of the molecule is Cc1ccc(C(O)CNC(C)CC(N)=O)cc1. The van der Waals surface area contributed by atoms with Gasteiger partial charge in [0.25, 0.3) is 0 Å². The highest BCUT2D eigenvalue weighted by Crippen LogP contribution is 2.12. The minimum Gasteiger partial charge on any atom is -0.387 e. The van der Waals surface area contributed by atoms with Crippen molar-refractivity contribution in [3.8, 4) is 0 Å². The molecule has 2 unspecified atom stereocenters. The standard InChI is InChI=1S/C13H20N2O2/c1-9-3-5-11(6-4-9)12(16)8-15-10(2)7-13(14)17/h3-6,10,12,15-16H,7-8H2,1-2H3,(H2,14,17). The molecule has 17 heavy (non-hydrogen) atoms. The van der Waals surface area contributed by atoms with Crippen molar-refractivity contribution >= 4 is 5.91 Å². The van der Waals surface area contributed by atoms with Gasteiger partial charge in [-0.3, -0.25) is 4.79 Å². The van der Waals surface area contributed by atoms with Gasteiger partial charge in [0.15, 0.2) is 0 Å². The molecule has 4 nitrogen and oxygen atoms in total. The fraction of sp³-hybridized carbons (Fsp3) is 0.462. The van der Waals surface area contributed by atoms with E-state index in [-0.39, 0.29) is 18.4 Å². The van der Waals surface area contributed by atoms with Crippen LogP contribution in [-0.4, -0.2) is 23.6 Å². The summed E-state index contributed by atoms with van der Waals surface area (Å²) in [4.78, 5) is 10.7. The largest absolute Gasteiger partial charge is 0.387 e. The molecular formula is C13H20N2O2. The van der Waals surface area contributed by atoms with E-state index in [1.807, 2.05) is 38.1 Å². The fourth-order valence-corrected chi connectivity index (χ4v) is 1.59. The van der Waals surface area contributed by atoms with E-state index in [4.69, 9.17) is 5.73 Å². The van der Waals surface area contributed by atoms with Crippen LogP contribution >= 0.6 is 0 Å². The Labute approximate surface area is 102 Å². The van der Waals surface area contributed by atoms with Crippen LogP contribution in [0.2, 0.25) is 0 Å². The second-order valence-corrected chi connectivity index (χ2v) is 4.41. The predicted octanol–water partition coefficient (Wildman–Crippen LogP) is 0.882. The smallest absolute Gasteiger partial charge is 0.218 e. The average Bonchev–Trinajstić information content (AvgIpc) is 2.26. The topological polar surface area (TPSA) is 75.3 Å². The van der Waals surface area contributed by atoms with Gasteiger partial charge in [-0.2, -0.15) is 0 Å². The van der Waals surface area contributed by atoms with Crippen molar-refractivity contribution in [2.24, 2.45) is 5.73 Å². The van der Waals surface area contributed by atoms with Crippen molar-refractivity contribution in [1.29, 1.82) is 0 Å². The maximum atomic E-state index is 10.7. The average molecular weight is 236 g/mol. The van der Waals surface area contributed by atoms with Gasteiger partial charge in [0.05, 0.1) is 6.10 Å². The highest BCUT2D eigenvalue weighted by atomic mass is 16.3. The number of amides is 1. The summed E-state index contributed by atoms with van der Waals surface area (Å²) in [6, 6.07) is 7.71. The molecule has 0 spiro atoms. The number of aryl methyl sites for hydroxylation is 1. The van der Waals surface area contributed by atoms with Crippen molar-refractivity contribution in [3.05, 3.63) is 35.4 Å². The number of benzene rings is 1. The van der Waals surface area contributed by atoms with E-state index >= 15 is 0 Å². The molecule has 94 valence electrons. The first kappa shape index (κ1) is 13.7. The van der Waals surface area contributed by atoms with Crippen LogP contribution in [0.1, 0.15) is 30.6 Å². The summed E-state index contributed by atoms with van der Waals surface area (Å²) in [6.07, 6.45) is -0.286. The molecule has 0 heterocycles. The first-order valence-corrected chi connectivity index (χ1v) is 5.75. The Kier molecular flexibility index (Phi) is 5.12.